The van der Waals surface area contributed by atoms with E-state index < -0.39 is 0 Å². The largest absolute Gasteiger partial charge is 0.328 e. The first kappa shape index (κ1) is 12.7. The van der Waals surface area contributed by atoms with E-state index in [-0.39, 0.29) is 11.9 Å². The van der Waals surface area contributed by atoms with Crippen molar-refractivity contribution in [1.29, 1.82) is 0 Å². The van der Waals surface area contributed by atoms with E-state index in [0.29, 0.717) is 0 Å². The summed E-state index contributed by atoms with van der Waals surface area (Å²) in [4.78, 5) is 14.1. The SMILES string of the molecule is C=CC(=O)N1CCc2ccccc2[C@H]1c1ccccc1. The number of carbonyl (C=O) groups is 1. The zero-order chi connectivity index (χ0) is 13.9. The van der Waals surface area contributed by atoms with Crippen LogP contribution in [0.4, 0.5) is 0 Å². The number of rotatable bonds is 2. The van der Waals surface area contributed by atoms with Gasteiger partial charge in [-0.2, -0.15) is 0 Å². The molecule has 0 bridgehead atoms. The molecule has 2 aromatic carbocycles. The minimum atomic E-state index is -0.00773. The summed E-state index contributed by atoms with van der Waals surface area (Å²) in [5.41, 5.74) is 3.70. The van der Waals surface area contributed by atoms with E-state index in [4.69, 9.17) is 0 Å². The maximum atomic E-state index is 12.2. The molecule has 3 rings (SSSR count). The Labute approximate surface area is 119 Å². The molecule has 1 aliphatic heterocycles. The predicted octanol–water partition coefficient (Wildman–Crippen LogP) is 3.35. The molecule has 1 heterocycles. The fraction of sp³-hybridized carbons (Fsp3) is 0.167. The van der Waals surface area contributed by atoms with Crippen LogP contribution in [-0.4, -0.2) is 17.4 Å². The number of hydrogen-bond donors (Lipinski definition) is 0. The van der Waals surface area contributed by atoms with Gasteiger partial charge in [0.1, 0.15) is 0 Å². The number of amides is 1. The minimum Gasteiger partial charge on any atom is -0.328 e. The second-order valence-electron chi connectivity index (χ2n) is 5.00. The monoisotopic (exact) mass is 263 g/mol. The molecule has 0 aliphatic carbocycles. The van der Waals surface area contributed by atoms with Crippen molar-refractivity contribution >= 4 is 5.91 Å². The first-order chi connectivity index (χ1) is 9.81. The van der Waals surface area contributed by atoms with Crippen molar-refractivity contribution < 1.29 is 4.79 Å². The first-order valence-corrected chi connectivity index (χ1v) is 6.87. The highest BCUT2D eigenvalue weighted by Crippen LogP contribution is 2.34. The molecule has 0 fully saturated rings. The Hall–Kier alpha value is -2.35. The molecule has 1 atom stereocenters. The lowest BCUT2D eigenvalue weighted by Gasteiger charge is -2.37. The fourth-order valence-corrected chi connectivity index (χ4v) is 2.92. The van der Waals surface area contributed by atoms with Crippen LogP contribution in [0, 0.1) is 0 Å². The third-order valence-corrected chi connectivity index (χ3v) is 3.86. The van der Waals surface area contributed by atoms with Crippen LogP contribution in [0.1, 0.15) is 22.7 Å². The average Bonchev–Trinajstić information content (AvgIpc) is 2.53. The number of fused-ring (bicyclic) bond motifs is 1. The van der Waals surface area contributed by atoms with Gasteiger partial charge in [-0.05, 0) is 29.2 Å². The normalized spacial score (nSPS) is 17.4. The lowest BCUT2D eigenvalue weighted by molar-refractivity contribution is -0.128. The van der Waals surface area contributed by atoms with Gasteiger partial charge in [-0.3, -0.25) is 4.79 Å². The van der Waals surface area contributed by atoms with E-state index >= 15 is 0 Å². The van der Waals surface area contributed by atoms with Crippen LogP contribution in [0.25, 0.3) is 0 Å². The number of carbonyl (C=O) groups excluding carboxylic acids is 1. The van der Waals surface area contributed by atoms with Gasteiger partial charge >= 0.3 is 0 Å². The molecular formula is C18H17NO. The van der Waals surface area contributed by atoms with Gasteiger partial charge < -0.3 is 4.90 Å². The Morgan fingerprint density at radius 3 is 2.55 bits per heavy atom. The van der Waals surface area contributed by atoms with E-state index in [1.54, 1.807) is 0 Å². The Morgan fingerprint density at radius 2 is 1.80 bits per heavy atom. The van der Waals surface area contributed by atoms with E-state index in [1.165, 1.54) is 17.2 Å². The highest BCUT2D eigenvalue weighted by Gasteiger charge is 2.30. The standard InChI is InChI=1S/C18H17NO/c1-2-17(20)19-13-12-14-8-6-7-11-16(14)18(19)15-9-4-3-5-10-15/h2-11,18H,1,12-13H2/t18-/m1/s1. The Bertz CT molecular complexity index is 633. The molecular weight excluding hydrogens is 246 g/mol. The molecule has 2 heteroatoms. The van der Waals surface area contributed by atoms with Crippen molar-refractivity contribution in [3.8, 4) is 0 Å². The van der Waals surface area contributed by atoms with Crippen molar-refractivity contribution in [2.24, 2.45) is 0 Å². The van der Waals surface area contributed by atoms with Crippen molar-refractivity contribution in [2.75, 3.05) is 6.54 Å². The molecule has 100 valence electrons. The summed E-state index contributed by atoms with van der Waals surface area (Å²) in [6, 6.07) is 18.6. The van der Waals surface area contributed by atoms with Crippen LogP contribution in [-0.2, 0) is 11.2 Å². The summed E-state index contributed by atoms with van der Waals surface area (Å²) < 4.78 is 0. The van der Waals surface area contributed by atoms with Gasteiger partial charge in [-0.1, -0.05) is 61.2 Å². The highest BCUT2D eigenvalue weighted by molar-refractivity contribution is 5.88. The summed E-state index contributed by atoms with van der Waals surface area (Å²) in [5, 5.41) is 0. The Morgan fingerprint density at radius 1 is 1.10 bits per heavy atom. The smallest absolute Gasteiger partial charge is 0.246 e. The molecule has 0 saturated carbocycles. The topological polar surface area (TPSA) is 20.3 Å². The molecule has 1 amide bonds. The number of nitrogens with zero attached hydrogens (tertiary/aromatic N) is 1. The quantitative estimate of drug-likeness (QED) is 0.761. The molecule has 2 nitrogen and oxygen atoms in total. The number of hydrogen-bond acceptors (Lipinski definition) is 1. The van der Waals surface area contributed by atoms with Crippen molar-refractivity contribution in [1.82, 2.24) is 4.90 Å². The van der Waals surface area contributed by atoms with Crippen molar-refractivity contribution in [3.63, 3.8) is 0 Å². The van der Waals surface area contributed by atoms with E-state index in [9.17, 15) is 4.79 Å². The fourth-order valence-electron chi connectivity index (χ4n) is 2.92. The Kier molecular flexibility index (Phi) is 3.38. The molecule has 20 heavy (non-hydrogen) atoms. The molecule has 1 aliphatic rings. The first-order valence-electron chi connectivity index (χ1n) is 6.87. The van der Waals surface area contributed by atoms with Gasteiger partial charge in [0.2, 0.25) is 5.91 Å². The van der Waals surface area contributed by atoms with E-state index in [0.717, 1.165) is 18.5 Å². The van der Waals surface area contributed by atoms with E-state index in [2.05, 4.69) is 36.9 Å². The zero-order valence-corrected chi connectivity index (χ0v) is 11.3. The van der Waals surface area contributed by atoms with Crippen LogP contribution >= 0.6 is 0 Å². The van der Waals surface area contributed by atoms with Gasteiger partial charge in [-0.25, -0.2) is 0 Å². The average molecular weight is 263 g/mol. The second-order valence-corrected chi connectivity index (χ2v) is 5.00. The summed E-state index contributed by atoms with van der Waals surface area (Å²) in [6.45, 7) is 4.37. The van der Waals surface area contributed by atoms with Gasteiger partial charge in [0.15, 0.2) is 0 Å². The third kappa shape index (κ3) is 2.14. The van der Waals surface area contributed by atoms with Crippen LogP contribution in [0.3, 0.4) is 0 Å². The van der Waals surface area contributed by atoms with E-state index in [1.807, 2.05) is 29.2 Å². The molecule has 0 aromatic heterocycles. The van der Waals surface area contributed by atoms with Crippen LogP contribution in [0.2, 0.25) is 0 Å². The lowest BCUT2D eigenvalue weighted by atomic mass is 9.88. The summed E-state index contributed by atoms with van der Waals surface area (Å²) in [5.74, 6) is -0.00615. The minimum absolute atomic E-state index is 0.00615. The van der Waals surface area contributed by atoms with Crippen molar-refractivity contribution in [2.45, 2.75) is 12.5 Å². The summed E-state index contributed by atoms with van der Waals surface area (Å²) in [6.07, 6.45) is 2.31. The van der Waals surface area contributed by atoms with Gasteiger partial charge in [-0.15, -0.1) is 0 Å². The zero-order valence-electron chi connectivity index (χ0n) is 11.3. The van der Waals surface area contributed by atoms with Gasteiger partial charge in [0.25, 0.3) is 0 Å². The molecule has 0 radical (unpaired) electrons. The van der Waals surface area contributed by atoms with Crippen LogP contribution in [0.15, 0.2) is 67.3 Å². The second kappa shape index (κ2) is 5.33. The Balaban J connectivity index is 2.12. The highest BCUT2D eigenvalue weighted by atomic mass is 16.2. The maximum absolute atomic E-state index is 12.2. The van der Waals surface area contributed by atoms with Crippen LogP contribution < -0.4 is 0 Å². The summed E-state index contributed by atoms with van der Waals surface area (Å²) >= 11 is 0. The summed E-state index contributed by atoms with van der Waals surface area (Å²) in [7, 11) is 0. The third-order valence-electron chi connectivity index (χ3n) is 3.86. The van der Waals surface area contributed by atoms with Gasteiger partial charge in [0, 0.05) is 6.54 Å². The lowest BCUT2D eigenvalue weighted by Crippen LogP contribution is -2.39. The van der Waals surface area contributed by atoms with Gasteiger partial charge in [0.05, 0.1) is 6.04 Å². The predicted molar refractivity (Wildman–Crippen MR) is 80.3 cm³/mol. The molecule has 0 saturated heterocycles. The molecule has 0 N–H and O–H groups in total. The number of benzene rings is 2. The van der Waals surface area contributed by atoms with Crippen molar-refractivity contribution in [3.05, 3.63) is 83.9 Å². The maximum Gasteiger partial charge on any atom is 0.246 e. The van der Waals surface area contributed by atoms with Crippen LogP contribution in [0.5, 0.6) is 0 Å². The molecule has 2 aromatic rings. The molecule has 0 unspecified atom stereocenters. The molecule has 0 spiro atoms.